The molecule has 10 heteroatoms. The molecule has 182 valence electrons. The summed E-state index contributed by atoms with van der Waals surface area (Å²) in [6, 6.07) is 19.5. The van der Waals surface area contributed by atoms with E-state index in [2.05, 4.69) is 10.0 Å². The Kier molecular flexibility index (Phi) is 7.39. The molecule has 0 fully saturated rings. The Labute approximate surface area is 207 Å². The van der Waals surface area contributed by atoms with Crippen LogP contribution in [0.15, 0.2) is 86.9 Å². The molecule has 0 saturated carbocycles. The molecule has 1 atom stereocenters. The summed E-state index contributed by atoms with van der Waals surface area (Å²) in [5, 5.41) is 3.45. The van der Waals surface area contributed by atoms with Crippen molar-refractivity contribution in [3.63, 3.8) is 0 Å². The van der Waals surface area contributed by atoms with E-state index >= 15 is 0 Å². The fraction of sp³-hybridized carbons (Fsp3) is 0.200. The Hall–Kier alpha value is -3.40. The van der Waals surface area contributed by atoms with Crippen LogP contribution in [-0.4, -0.2) is 31.5 Å². The number of rotatable bonds is 9. The summed E-state index contributed by atoms with van der Waals surface area (Å²) >= 11 is 5.91. The first-order valence-corrected chi connectivity index (χ1v) is 12.8. The standard InChI is InChI=1S/C25H24ClN3O5S/c1-29-22-12-11-20(16-23(22)34-25(29)31)35(32,33)28-21(15-18-5-3-2-4-6-18)24(30)27-14-13-17-7-9-19(26)10-8-17/h2-12,16,21,28H,13-15H2,1H3,(H,27,30). The first kappa shape index (κ1) is 24.7. The molecule has 0 aliphatic carbocycles. The molecular formula is C25H24ClN3O5S. The van der Waals surface area contributed by atoms with Gasteiger partial charge in [0.05, 0.1) is 10.4 Å². The summed E-state index contributed by atoms with van der Waals surface area (Å²) in [6.45, 7) is 0.328. The minimum atomic E-state index is -4.10. The number of nitrogens with zero attached hydrogens (tertiary/aromatic N) is 1. The van der Waals surface area contributed by atoms with Gasteiger partial charge in [0.1, 0.15) is 6.04 Å². The highest BCUT2D eigenvalue weighted by Gasteiger charge is 2.26. The van der Waals surface area contributed by atoms with Crippen LogP contribution in [0, 0.1) is 0 Å². The molecule has 0 saturated heterocycles. The molecule has 0 aliphatic heterocycles. The molecule has 1 amide bonds. The zero-order chi connectivity index (χ0) is 25.0. The van der Waals surface area contributed by atoms with E-state index in [0.717, 1.165) is 11.1 Å². The molecule has 0 aliphatic rings. The lowest BCUT2D eigenvalue weighted by molar-refractivity contribution is -0.122. The summed E-state index contributed by atoms with van der Waals surface area (Å²) in [5.74, 6) is -1.04. The van der Waals surface area contributed by atoms with Crippen molar-refractivity contribution in [2.75, 3.05) is 6.54 Å². The third-order valence-corrected chi connectivity index (χ3v) is 7.32. The Balaban J connectivity index is 1.52. The fourth-order valence-corrected chi connectivity index (χ4v) is 5.02. The third-order valence-electron chi connectivity index (χ3n) is 5.60. The second-order valence-electron chi connectivity index (χ2n) is 8.09. The first-order valence-electron chi connectivity index (χ1n) is 10.9. The van der Waals surface area contributed by atoms with Gasteiger partial charge in [0.15, 0.2) is 5.58 Å². The number of halogens is 1. The number of aromatic nitrogens is 1. The molecule has 8 nitrogen and oxygen atoms in total. The summed E-state index contributed by atoms with van der Waals surface area (Å²) in [6.07, 6.45) is 0.729. The normalized spacial score (nSPS) is 12.5. The van der Waals surface area contributed by atoms with Gasteiger partial charge in [0, 0.05) is 24.7 Å². The molecule has 4 aromatic rings. The van der Waals surface area contributed by atoms with E-state index in [1.807, 2.05) is 42.5 Å². The van der Waals surface area contributed by atoms with Crippen molar-refractivity contribution in [1.29, 1.82) is 0 Å². The minimum Gasteiger partial charge on any atom is -0.408 e. The lowest BCUT2D eigenvalue weighted by atomic mass is 10.1. The lowest BCUT2D eigenvalue weighted by Gasteiger charge is -2.19. The van der Waals surface area contributed by atoms with Crippen molar-refractivity contribution >= 4 is 38.6 Å². The van der Waals surface area contributed by atoms with Crippen LogP contribution in [0.1, 0.15) is 11.1 Å². The van der Waals surface area contributed by atoms with Gasteiger partial charge in [-0.25, -0.2) is 13.2 Å². The molecule has 3 aromatic carbocycles. The second-order valence-corrected chi connectivity index (χ2v) is 10.2. The summed E-state index contributed by atoms with van der Waals surface area (Å²) in [4.78, 5) is 24.7. The average molecular weight is 514 g/mol. The highest BCUT2D eigenvalue weighted by atomic mass is 35.5. The van der Waals surface area contributed by atoms with Crippen molar-refractivity contribution in [3.8, 4) is 0 Å². The number of carbonyl (C=O) groups excluding carboxylic acids is 1. The van der Waals surface area contributed by atoms with Crippen molar-refractivity contribution < 1.29 is 17.6 Å². The zero-order valence-corrected chi connectivity index (χ0v) is 20.5. The molecule has 1 heterocycles. The van der Waals surface area contributed by atoms with E-state index < -0.39 is 27.7 Å². The maximum atomic E-state index is 13.2. The number of fused-ring (bicyclic) bond motifs is 1. The summed E-state index contributed by atoms with van der Waals surface area (Å²) in [7, 11) is -2.57. The monoisotopic (exact) mass is 513 g/mol. The molecule has 0 spiro atoms. The van der Waals surface area contributed by atoms with Crippen molar-refractivity contribution in [2.24, 2.45) is 7.05 Å². The largest absolute Gasteiger partial charge is 0.419 e. The van der Waals surface area contributed by atoms with Gasteiger partial charge in [0.2, 0.25) is 15.9 Å². The number of nitrogens with one attached hydrogen (secondary N) is 2. The highest BCUT2D eigenvalue weighted by molar-refractivity contribution is 7.89. The first-order chi connectivity index (χ1) is 16.7. The van der Waals surface area contributed by atoms with Gasteiger partial charge in [-0.2, -0.15) is 4.72 Å². The van der Waals surface area contributed by atoms with Crippen molar-refractivity contribution in [2.45, 2.75) is 23.8 Å². The number of benzene rings is 3. The van der Waals surface area contributed by atoms with Gasteiger partial charge >= 0.3 is 5.76 Å². The average Bonchev–Trinajstić information content (AvgIpc) is 3.13. The molecule has 4 rings (SSSR count). The minimum absolute atomic E-state index is 0.105. The van der Waals surface area contributed by atoms with E-state index in [-0.39, 0.29) is 16.9 Å². The van der Waals surface area contributed by atoms with E-state index in [1.54, 1.807) is 12.1 Å². The molecular weight excluding hydrogens is 490 g/mol. The molecule has 35 heavy (non-hydrogen) atoms. The van der Waals surface area contributed by atoms with Gasteiger partial charge in [-0.1, -0.05) is 54.1 Å². The second kappa shape index (κ2) is 10.5. The van der Waals surface area contributed by atoms with Crippen LogP contribution in [0.5, 0.6) is 0 Å². The predicted molar refractivity (Wildman–Crippen MR) is 134 cm³/mol. The van der Waals surface area contributed by atoms with Gasteiger partial charge in [-0.05, 0) is 48.2 Å². The molecule has 0 radical (unpaired) electrons. The number of carbonyl (C=O) groups is 1. The number of oxazole rings is 1. The van der Waals surface area contributed by atoms with E-state index in [9.17, 15) is 18.0 Å². The van der Waals surface area contributed by atoms with E-state index in [1.165, 1.54) is 29.8 Å². The number of amides is 1. The predicted octanol–water partition coefficient (Wildman–Crippen LogP) is 3.03. The maximum absolute atomic E-state index is 13.2. The van der Waals surface area contributed by atoms with Crippen LogP contribution in [-0.2, 0) is 34.7 Å². The number of hydrogen-bond donors (Lipinski definition) is 2. The van der Waals surface area contributed by atoms with Crippen LogP contribution >= 0.6 is 11.6 Å². The molecule has 1 unspecified atom stereocenters. The molecule has 1 aromatic heterocycles. The third kappa shape index (κ3) is 6.00. The topological polar surface area (TPSA) is 110 Å². The smallest absolute Gasteiger partial charge is 0.408 e. The Morgan fingerprint density at radius 3 is 2.46 bits per heavy atom. The van der Waals surface area contributed by atoms with E-state index in [0.29, 0.717) is 23.5 Å². The van der Waals surface area contributed by atoms with Gasteiger partial charge in [-0.3, -0.25) is 9.36 Å². The Bertz CT molecular complexity index is 1500. The summed E-state index contributed by atoms with van der Waals surface area (Å²) in [5.41, 5.74) is 2.41. The maximum Gasteiger partial charge on any atom is 0.419 e. The summed E-state index contributed by atoms with van der Waals surface area (Å²) < 4.78 is 35.3. The van der Waals surface area contributed by atoms with Gasteiger partial charge < -0.3 is 9.73 Å². The van der Waals surface area contributed by atoms with Gasteiger partial charge in [0.25, 0.3) is 0 Å². The zero-order valence-electron chi connectivity index (χ0n) is 18.9. The van der Waals surface area contributed by atoms with Crippen molar-refractivity contribution in [3.05, 3.63) is 99.5 Å². The molecule has 2 N–H and O–H groups in total. The Morgan fingerprint density at radius 2 is 1.74 bits per heavy atom. The van der Waals surface area contributed by atoms with E-state index in [4.69, 9.17) is 16.0 Å². The number of hydrogen-bond acceptors (Lipinski definition) is 5. The highest BCUT2D eigenvalue weighted by Crippen LogP contribution is 2.19. The molecule has 0 bridgehead atoms. The van der Waals surface area contributed by atoms with Crippen LogP contribution < -0.4 is 15.8 Å². The number of sulfonamides is 1. The van der Waals surface area contributed by atoms with Crippen LogP contribution in [0.3, 0.4) is 0 Å². The van der Waals surface area contributed by atoms with Crippen LogP contribution in [0.25, 0.3) is 11.1 Å². The van der Waals surface area contributed by atoms with Crippen LogP contribution in [0.4, 0.5) is 0 Å². The SMILES string of the molecule is Cn1c(=O)oc2cc(S(=O)(=O)NC(Cc3ccccc3)C(=O)NCCc3ccc(Cl)cc3)ccc21. The Morgan fingerprint density at radius 1 is 1.03 bits per heavy atom. The fourth-order valence-electron chi connectivity index (χ4n) is 3.68. The van der Waals surface area contributed by atoms with Crippen molar-refractivity contribution in [1.82, 2.24) is 14.6 Å². The number of aryl methyl sites for hydroxylation is 1. The van der Waals surface area contributed by atoms with Crippen LogP contribution in [0.2, 0.25) is 5.02 Å². The quantitative estimate of drug-likeness (QED) is 0.357. The van der Waals surface area contributed by atoms with Gasteiger partial charge in [-0.15, -0.1) is 0 Å². The lowest BCUT2D eigenvalue weighted by Crippen LogP contribution is -2.48.